The number of H-pyrrole nitrogens is 1. The van der Waals surface area contributed by atoms with Crippen molar-refractivity contribution in [3.8, 4) is 22.9 Å². The maximum Gasteiger partial charge on any atom is 0.274 e. The summed E-state index contributed by atoms with van der Waals surface area (Å²) in [5.41, 5.74) is 7.89. The molecule has 0 saturated carbocycles. The molecular weight excluding hydrogens is 463 g/mol. The van der Waals surface area contributed by atoms with Crippen molar-refractivity contribution in [2.45, 2.75) is 51.9 Å². The molecule has 0 aliphatic carbocycles. The Bertz CT molecular complexity index is 1430. The van der Waals surface area contributed by atoms with Gasteiger partial charge in [-0.15, -0.1) is 5.10 Å². The average Bonchev–Trinajstić information content (AvgIpc) is 3.53. The highest BCUT2D eigenvalue weighted by Crippen LogP contribution is 2.49. The zero-order chi connectivity index (χ0) is 25.6. The fourth-order valence-corrected chi connectivity index (χ4v) is 5.70. The third-order valence-electron chi connectivity index (χ3n) is 7.69. The number of likely N-dealkylation sites (tertiary alicyclic amines) is 1. The van der Waals surface area contributed by atoms with Crippen LogP contribution in [-0.2, 0) is 12.3 Å². The molecule has 2 aromatic carbocycles. The molecule has 1 fully saturated rings. The Hall–Kier alpha value is -3.72. The molecule has 1 unspecified atom stereocenters. The first kappa shape index (κ1) is 23.7. The van der Waals surface area contributed by atoms with Gasteiger partial charge >= 0.3 is 0 Å². The summed E-state index contributed by atoms with van der Waals surface area (Å²) in [6.45, 7) is 9.09. The van der Waals surface area contributed by atoms with Gasteiger partial charge in [0, 0.05) is 36.4 Å². The quantitative estimate of drug-likeness (QED) is 0.427. The molecule has 6 rings (SSSR count). The van der Waals surface area contributed by atoms with Crippen molar-refractivity contribution in [3.63, 3.8) is 0 Å². The Kier molecular flexibility index (Phi) is 5.95. The van der Waals surface area contributed by atoms with Crippen LogP contribution in [0.1, 0.15) is 53.6 Å². The molecular formula is C28H31BN6O2. The fourth-order valence-electron chi connectivity index (χ4n) is 5.70. The third-order valence-corrected chi connectivity index (χ3v) is 7.69. The molecule has 1 N–H and O–H groups in total. The first-order valence-electron chi connectivity index (χ1n) is 12.9. The van der Waals surface area contributed by atoms with Crippen LogP contribution in [0.15, 0.2) is 48.7 Å². The number of aromatic amines is 1. The topological polar surface area (TPSA) is 89.0 Å². The number of pyridine rings is 1. The number of fused-ring (bicyclic) bond motifs is 1. The second-order valence-corrected chi connectivity index (χ2v) is 10.4. The standard InChI is InChI=1S/C28H31BN6O2/c1-17-7-8-22(23(29)13-17)28(3)36-25-6-4-5-21(26(25)37-28)19-9-11-35(12-10-19)16-24-18(2)14-20(15-30-24)27-31-33-34-32-27/h4-8,13-15,19H,9-12,16,29H2,1-3H3,(H,31,32,33,34). The molecule has 2 aromatic heterocycles. The number of hydrogen-bond acceptors (Lipinski definition) is 7. The number of nitrogens with one attached hydrogen (secondary N) is 1. The molecule has 0 bridgehead atoms. The number of para-hydroxylation sites is 1. The second kappa shape index (κ2) is 9.30. The van der Waals surface area contributed by atoms with Gasteiger partial charge < -0.3 is 9.47 Å². The molecule has 1 atom stereocenters. The lowest BCUT2D eigenvalue weighted by molar-refractivity contribution is -0.0676. The predicted octanol–water partition coefficient (Wildman–Crippen LogP) is 3.16. The first-order valence-corrected chi connectivity index (χ1v) is 12.9. The maximum atomic E-state index is 6.60. The number of aromatic nitrogens is 5. The molecule has 37 heavy (non-hydrogen) atoms. The van der Waals surface area contributed by atoms with E-state index in [4.69, 9.17) is 14.5 Å². The van der Waals surface area contributed by atoms with E-state index in [-0.39, 0.29) is 0 Å². The Morgan fingerprint density at radius 2 is 1.95 bits per heavy atom. The summed E-state index contributed by atoms with van der Waals surface area (Å²) in [6, 6.07) is 14.8. The van der Waals surface area contributed by atoms with Crippen LogP contribution in [0.3, 0.4) is 0 Å². The smallest absolute Gasteiger partial charge is 0.274 e. The van der Waals surface area contributed by atoms with Crippen LogP contribution in [0.25, 0.3) is 11.4 Å². The zero-order valence-corrected chi connectivity index (χ0v) is 21.8. The van der Waals surface area contributed by atoms with E-state index in [1.54, 1.807) is 0 Å². The minimum atomic E-state index is -0.811. The van der Waals surface area contributed by atoms with Gasteiger partial charge in [0.25, 0.3) is 5.79 Å². The highest BCUT2D eigenvalue weighted by Gasteiger charge is 2.41. The van der Waals surface area contributed by atoms with Crippen molar-refractivity contribution in [1.82, 2.24) is 30.5 Å². The van der Waals surface area contributed by atoms with E-state index in [0.29, 0.717) is 11.7 Å². The van der Waals surface area contributed by atoms with E-state index in [9.17, 15) is 0 Å². The maximum absolute atomic E-state index is 6.60. The molecule has 2 aliphatic rings. The summed E-state index contributed by atoms with van der Waals surface area (Å²) in [6.07, 6.45) is 3.98. The summed E-state index contributed by atoms with van der Waals surface area (Å²) >= 11 is 0. The van der Waals surface area contributed by atoms with Gasteiger partial charge in [0.05, 0.1) is 5.69 Å². The molecule has 8 nitrogen and oxygen atoms in total. The SMILES string of the molecule is Bc1cc(C)ccc1C1(C)Oc2cccc(C3CCN(Cc4ncc(-c5nnn[nH]5)cc4C)CC3)c2O1. The minimum absolute atomic E-state index is 0.437. The van der Waals surface area contributed by atoms with E-state index in [1.807, 2.05) is 19.2 Å². The van der Waals surface area contributed by atoms with Crippen molar-refractivity contribution in [3.05, 3.63) is 76.6 Å². The van der Waals surface area contributed by atoms with Crippen LogP contribution in [-0.4, -0.2) is 51.4 Å². The van der Waals surface area contributed by atoms with Crippen molar-refractivity contribution >= 4 is 13.3 Å². The molecule has 1 saturated heterocycles. The minimum Gasteiger partial charge on any atom is -0.445 e. The number of aryl methyl sites for hydroxylation is 2. The molecule has 2 aliphatic heterocycles. The van der Waals surface area contributed by atoms with E-state index in [1.165, 1.54) is 16.6 Å². The average molecular weight is 494 g/mol. The largest absolute Gasteiger partial charge is 0.445 e. The van der Waals surface area contributed by atoms with E-state index in [2.05, 4.69) is 83.6 Å². The molecule has 0 radical (unpaired) electrons. The van der Waals surface area contributed by atoms with Crippen molar-refractivity contribution < 1.29 is 9.47 Å². The van der Waals surface area contributed by atoms with Gasteiger partial charge in [0.2, 0.25) is 0 Å². The molecule has 0 amide bonds. The van der Waals surface area contributed by atoms with Crippen LogP contribution in [0.4, 0.5) is 0 Å². The second-order valence-electron chi connectivity index (χ2n) is 10.4. The normalized spacial score (nSPS) is 19.9. The number of rotatable bonds is 5. The zero-order valence-electron chi connectivity index (χ0n) is 21.8. The Balaban J connectivity index is 1.14. The summed E-state index contributed by atoms with van der Waals surface area (Å²) < 4.78 is 13.0. The number of benzene rings is 2. The molecule has 4 aromatic rings. The van der Waals surface area contributed by atoms with Crippen molar-refractivity contribution in [2.75, 3.05) is 13.1 Å². The lowest BCUT2D eigenvalue weighted by atomic mass is 9.85. The number of ether oxygens (including phenoxy) is 2. The van der Waals surface area contributed by atoms with Crippen LogP contribution in [0.5, 0.6) is 11.5 Å². The number of piperidine rings is 1. The fraction of sp³-hybridized carbons (Fsp3) is 0.357. The highest BCUT2D eigenvalue weighted by atomic mass is 16.7. The van der Waals surface area contributed by atoms with Gasteiger partial charge in [-0.05, 0) is 73.8 Å². The van der Waals surface area contributed by atoms with Gasteiger partial charge in [-0.2, -0.15) is 0 Å². The van der Waals surface area contributed by atoms with Crippen molar-refractivity contribution in [1.29, 1.82) is 0 Å². The van der Waals surface area contributed by atoms with Crippen LogP contribution >= 0.6 is 0 Å². The molecule has 0 spiro atoms. The Morgan fingerprint density at radius 3 is 2.68 bits per heavy atom. The van der Waals surface area contributed by atoms with Crippen LogP contribution < -0.4 is 14.9 Å². The summed E-state index contributed by atoms with van der Waals surface area (Å²) in [5, 5.41) is 14.1. The number of hydrogen-bond donors (Lipinski definition) is 1. The van der Waals surface area contributed by atoms with Crippen molar-refractivity contribution in [2.24, 2.45) is 0 Å². The van der Waals surface area contributed by atoms with Gasteiger partial charge in [-0.1, -0.05) is 41.4 Å². The van der Waals surface area contributed by atoms with Gasteiger partial charge in [-0.3, -0.25) is 9.88 Å². The van der Waals surface area contributed by atoms with E-state index < -0.39 is 5.79 Å². The summed E-state index contributed by atoms with van der Waals surface area (Å²) in [7, 11) is 2.12. The monoisotopic (exact) mass is 494 g/mol. The van der Waals surface area contributed by atoms with Gasteiger partial charge in [-0.25, -0.2) is 5.10 Å². The molecule has 4 heterocycles. The van der Waals surface area contributed by atoms with Crippen LogP contribution in [0.2, 0.25) is 0 Å². The number of nitrogens with zero attached hydrogens (tertiary/aromatic N) is 5. The van der Waals surface area contributed by atoms with E-state index >= 15 is 0 Å². The summed E-state index contributed by atoms with van der Waals surface area (Å²) in [4.78, 5) is 7.20. The van der Waals surface area contributed by atoms with Crippen LogP contribution in [0, 0.1) is 13.8 Å². The van der Waals surface area contributed by atoms with E-state index in [0.717, 1.165) is 66.4 Å². The first-order chi connectivity index (χ1) is 17.9. The third kappa shape index (κ3) is 4.48. The highest BCUT2D eigenvalue weighted by molar-refractivity contribution is 6.33. The molecule has 188 valence electrons. The predicted molar refractivity (Wildman–Crippen MR) is 144 cm³/mol. The summed E-state index contributed by atoms with van der Waals surface area (Å²) in [5.74, 6) is 2.00. The van der Waals surface area contributed by atoms with Gasteiger partial charge in [0.1, 0.15) is 7.85 Å². The Morgan fingerprint density at radius 1 is 1.11 bits per heavy atom. The lowest BCUT2D eigenvalue weighted by Crippen LogP contribution is -2.37. The Labute approximate surface area is 217 Å². The lowest BCUT2D eigenvalue weighted by Gasteiger charge is -2.32. The number of tetrazole rings is 1. The van der Waals surface area contributed by atoms with Gasteiger partial charge in [0.15, 0.2) is 17.3 Å². The molecule has 9 heteroatoms.